The molecule has 4 rings (SSSR count). The van der Waals surface area contributed by atoms with Gasteiger partial charge in [-0.3, -0.25) is 13.9 Å². The lowest BCUT2D eigenvalue weighted by atomic mass is 10.0. The Morgan fingerprint density at radius 2 is 1.50 bits per heavy atom. The maximum absolute atomic E-state index is 14.6. The SMILES string of the molecule is COc1ccccc1N(CC(=O)N(Cc1cccc(Br)c1)[C@H](Cc1ccccc1)C(=O)NC(C)(C)C)S(=O)(=O)c1ccc(C)cc1. The number of carbonyl (C=O) groups excluding carboxylic acids is 2. The molecule has 10 heteroatoms. The Labute approximate surface area is 280 Å². The van der Waals surface area contributed by atoms with E-state index in [1.807, 2.05) is 82.3 Å². The third kappa shape index (κ3) is 8.98. The van der Waals surface area contributed by atoms with E-state index in [4.69, 9.17) is 4.74 Å². The molecule has 1 N–H and O–H groups in total. The molecule has 0 fully saturated rings. The molecule has 0 heterocycles. The zero-order chi connectivity index (χ0) is 33.5. The lowest BCUT2D eigenvalue weighted by Gasteiger charge is -2.35. The van der Waals surface area contributed by atoms with Gasteiger partial charge in [-0.1, -0.05) is 88.2 Å². The van der Waals surface area contributed by atoms with E-state index in [1.54, 1.807) is 36.4 Å². The molecule has 0 radical (unpaired) electrons. The summed E-state index contributed by atoms with van der Waals surface area (Å²) in [6.07, 6.45) is 0.224. The van der Waals surface area contributed by atoms with Crippen LogP contribution in [-0.2, 0) is 32.6 Å². The standard InChI is InChI=1S/C36H40BrN3O5S/c1-26-18-20-30(21-19-26)46(43,44)40(31-16-9-10-17-33(31)45-5)25-34(41)39(24-28-14-11-15-29(37)22-28)32(35(42)38-36(2,3)4)23-27-12-7-6-8-13-27/h6-22,32H,23-25H2,1-5H3,(H,38,42)/t32-/m1/s1. The van der Waals surface area contributed by atoms with Crippen LogP contribution in [0.15, 0.2) is 112 Å². The number of sulfonamides is 1. The summed E-state index contributed by atoms with van der Waals surface area (Å²) >= 11 is 3.51. The number of hydrogen-bond donors (Lipinski definition) is 1. The highest BCUT2D eigenvalue weighted by Crippen LogP contribution is 2.33. The Balaban J connectivity index is 1.85. The van der Waals surface area contributed by atoms with Crippen molar-refractivity contribution in [2.75, 3.05) is 18.0 Å². The third-order valence-corrected chi connectivity index (χ3v) is 9.52. The number of anilines is 1. The number of ether oxygens (including phenoxy) is 1. The fourth-order valence-corrected chi connectivity index (χ4v) is 6.90. The van der Waals surface area contributed by atoms with Crippen molar-refractivity contribution >= 4 is 43.5 Å². The van der Waals surface area contributed by atoms with Crippen LogP contribution in [0.1, 0.15) is 37.5 Å². The summed E-state index contributed by atoms with van der Waals surface area (Å²) in [6.45, 7) is 7.00. The number of rotatable bonds is 12. The van der Waals surface area contributed by atoms with Gasteiger partial charge in [0.25, 0.3) is 10.0 Å². The number of nitrogens with zero attached hydrogens (tertiary/aromatic N) is 2. The summed E-state index contributed by atoms with van der Waals surface area (Å²) in [5.74, 6) is -0.604. The van der Waals surface area contributed by atoms with Gasteiger partial charge in [0.1, 0.15) is 18.3 Å². The maximum atomic E-state index is 14.6. The van der Waals surface area contributed by atoms with Gasteiger partial charge in [-0.25, -0.2) is 8.42 Å². The normalized spacial score (nSPS) is 12.2. The summed E-state index contributed by atoms with van der Waals surface area (Å²) in [5, 5.41) is 3.04. The summed E-state index contributed by atoms with van der Waals surface area (Å²) in [4.78, 5) is 30.1. The molecule has 0 spiro atoms. The van der Waals surface area contributed by atoms with Crippen molar-refractivity contribution in [2.24, 2.45) is 0 Å². The lowest BCUT2D eigenvalue weighted by molar-refractivity contribution is -0.140. The van der Waals surface area contributed by atoms with Crippen LogP contribution >= 0.6 is 15.9 Å². The number of nitrogens with one attached hydrogen (secondary N) is 1. The average molecular weight is 707 g/mol. The second-order valence-electron chi connectivity index (χ2n) is 12.1. The van der Waals surface area contributed by atoms with Gasteiger partial charge >= 0.3 is 0 Å². The van der Waals surface area contributed by atoms with Crippen molar-refractivity contribution in [3.05, 3.63) is 124 Å². The van der Waals surface area contributed by atoms with Gasteiger partial charge < -0.3 is 15.0 Å². The second kappa shape index (κ2) is 15.0. The molecule has 46 heavy (non-hydrogen) atoms. The van der Waals surface area contributed by atoms with Crippen LogP contribution in [0.3, 0.4) is 0 Å². The van der Waals surface area contributed by atoms with E-state index in [2.05, 4.69) is 21.2 Å². The number of benzene rings is 4. The van der Waals surface area contributed by atoms with Gasteiger partial charge in [0.15, 0.2) is 0 Å². The van der Waals surface area contributed by atoms with Gasteiger partial charge in [0, 0.05) is 23.0 Å². The molecule has 1 atom stereocenters. The average Bonchev–Trinajstić information content (AvgIpc) is 3.01. The predicted molar refractivity (Wildman–Crippen MR) is 185 cm³/mol. The number of halogens is 1. The van der Waals surface area contributed by atoms with Crippen molar-refractivity contribution in [3.63, 3.8) is 0 Å². The van der Waals surface area contributed by atoms with E-state index in [0.717, 1.165) is 25.5 Å². The molecule has 0 saturated heterocycles. The summed E-state index contributed by atoms with van der Waals surface area (Å²) in [5.41, 5.74) is 2.16. The minimum Gasteiger partial charge on any atom is -0.495 e. The number of carbonyl (C=O) groups is 2. The molecular weight excluding hydrogens is 666 g/mol. The first-order valence-electron chi connectivity index (χ1n) is 14.9. The first-order chi connectivity index (χ1) is 21.8. The van der Waals surface area contributed by atoms with E-state index in [9.17, 15) is 18.0 Å². The molecule has 0 unspecified atom stereocenters. The third-order valence-electron chi connectivity index (χ3n) is 7.25. The number of amides is 2. The van der Waals surface area contributed by atoms with Crippen LogP contribution in [0.4, 0.5) is 5.69 Å². The fourth-order valence-electron chi connectivity index (χ4n) is 5.03. The lowest BCUT2D eigenvalue weighted by Crippen LogP contribution is -2.56. The summed E-state index contributed by atoms with van der Waals surface area (Å²) in [7, 11) is -2.80. The monoisotopic (exact) mass is 705 g/mol. The topological polar surface area (TPSA) is 96.0 Å². The van der Waals surface area contributed by atoms with Gasteiger partial charge in [0.05, 0.1) is 17.7 Å². The zero-order valence-corrected chi connectivity index (χ0v) is 29.1. The largest absolute Gasteiger partial charge is 0.495 e. The first kappa shape index (κ1) is 34.7. The molecular formula is C36H40BrN3O5S. The highest BCUT2D eigenvalue weighted by molar-refractivity contribution is 9.10. The number of aryl methyl sites for hydroxylation is 1. The quantitative estimate of drug-likeness (QED) is 0.181. The summed E-state index contributed by atoms with van der Waals surface area (Å²) in [6, 6.07) is 29.1. The van der Waals surface area contributed by atoms with E-state index in [0.29, 0.717) is 0 Å². The van der Waals surface area contributed by atoms with Gasteiger partial charge in [-0.05, 0) is 75.2 Å². The van der Waals surface area contributed by atoms with E-state index >= 15 is 0 Å². The number of para-hydroxylation sites is 2. The Morgan fingerprint density at radius 3 is 2.13 bits per heavy atom. The summed E-state index contributed by atoms with van der Waals surface area (Å²) < 4.78 is 36.0. The van der Waals surface area contributed by atoms with Gasteiger partial charge in [0.2, 0.25) is 11.8 Å². The van der Waals surface area contributed by atoms with Crippen LogP contribution < -0.4 is 14.4 Å². The second-order valence-corrected chi connectivity index (χ2v) is 14.9. The zero-order valence-electron chi connectivity index (χ0n) is 26.7. The maximum Gasteiger partial charge on any atom is 0.264 e. The Morgan fingerprint density at radius 1 is 0.870 bits per heavy atom. The molecule has 8 nitrogen and oxygen atoms in total. The minimum atomic E-state index is -4.25. The van der Waals surface area contributed by atoms with Gasteiger partial charge in [-0.2, -0.15) is 0 Å². The van der Waals surface area contributed by atoms with E-state index in [-0.39, 0.29) is 35.2 Å². The van der Waals surface area contributed by atoms with Crippen molar-refractivity contribution in [3.8, 4) is 5.75 Å². The van der Waals surface area contributed by atoms with Crippen LogP contribution in [-0.4, -0.2) is 50.4 Å². The predicted octanol–water partition coefficient (Wildman–Crippen LogP) is 6.52. The molecule has 0 aliphatic rings. The molecule has 0 aliphatic carbocycles. The van der Waals surface area contributed by atoms with E-state index in [1.165, 1.54) is 24.1 Å². The molecule has 2 amide bonds. The van der Waals surface area contributed by atoms with E-state index < -0.39 is 34.1 Å². The highest BCUT2D eigenvalue weighted by Gasteiger charge is 2.36. The van der Waals surface area contributed by atoms with Crippen molar-refractivity contribution in [1.82, 2.24) is 10.2 Å². The van der Waals surface area contributed by atoms with Crippen LogP contribution in [0, 0.1) is 6.92 Å². The van der Waals surface area contributed by atoms with Crippen molar-refractivity contribution in [2.45, 2.75) is 57.1 Å². The molecule has 0 bridgehead atoms. The van der Waals surface area contributed by atoms with Crippen LogP contribution in [0.5, 0.6) is 5.75 Å². The van der Waals surface area contributed by atoms with Gasteiger partial charge in [-0.15, -0.1) is 0 Å². The van der Waals surface area contributed by atoms with Crippen LogP contribution in [0.25, 0.3) is 0 Å². The number of hydrogen-bond acceptors (Lipinski definition) is 5. The Kier molecular flexibility index (Phi) is 11.3. The fraction of sp³-hybridized carbons (Fsp3) is 0.278. The molecule has 4 aromatic rings. The molecule has 0 saturated carbocycles. The van der Waals surface area contributed by atoms with Crippen LogP contribution in [0.2, 0.25) is 0 Å². The molecule has 0 aromatic heterocycles. The Hall–Kier alpha value is -4.15. The van der Waals surface area contributed by atoms with Crippen molar-refractivity contribution < 1.29 is 22.7 Å². The highest BCUT2D eigenvalue weighted by atomic mass is 79.9. The first-order valence-corrected chi connectivity index (χ1v) is 17.1. The molecule has 0 aliphatic heterocycles. The molecule has 4 aromatic carbocycles. The minimum absolute atomic E-state index is 0.0293. The smallest absolute Gasteiger partial charge is 0.264 e. The Bertz CT molecular complexity index is 1760. The number of methoxy groups -OCH3 is 1. The van der Waals surface area contributed by atoms with Crippen molar-refractivity contribution in [1.29, 1.82) is 0 Å². The molecule has 242 valence electrons.